The SMILES string of the molecule is COc1ccc(C(=O)c2ccc(Cl)nc2Cl)cc1. The molecular formula is C13H9Cl2NO2. The van der Waals surface area contributed by atoms with Crippen molar-refractivity contribution in [2.75, 3.05) is 7.11 Å². The van der Waals surface area contributed by atoms with E-state index in [0.29, 0.717) is 16.9 Å². The van der Waals surface area contributed by atoms with E-state index in [-0.39, 0.29) is 16.1 Å². The van der Waals surface area contributed by atoms with Crippen LogP contribution in [0.1, 0.15) is 15.9 Å². The van der Waals surface area contributed by atoms with Crippen LogP contribution in [-0.2, 0) is 0 Å². The quantitative estimate of drug-likeness (QED) is 0.637. The standard InChI is InChI=1S/C13H9Cl2NO2/c1-18-9-4-2-8(3-5-9)12(17)10-6-7-11(14)16-13(10)15/h2-7H,1H3. The van der Waals surface area contributed by atoms with Gasteiger partial charge in [-0.05, 0) is 36.4 Å². The number of aromatic nitrogens is 1. The van der Waals surface area contributed by atoms with E-state index in [0.717, 1.165) is 0 Å². The summed E-state index contributed by atoms with van der Waals surface area (Å²) in [5.74, 6) is 0.485. The Hall–Kier alpha value is -1.58. The van der Waals surface area contributed by atoms with Crippen LogP contribution in [0, 0.1) is 0 Å². The van der Waals surface area contributed by atoms with Gasteiger partial charge in [0, 0.05) is 5.56 Å². The molecule has 0 bridgehead atoms. The van der Waals surface area contributed by atoms with Gasteiger partial charge in [0.1, 0.15) is 16.1 Å². The van der Waals surface area contributed by atoms with Gasteiger partial charge in [0.2, 0.25) is 0 Å². The first-order valence-corrected chi connectivity index (χ1v) is 5.88. The third-order valence-electron chi connectivity index (χ3n) is 2.41. The maximum absolute atomic E-state index is 12.2. The molecule has 5 heteroatoms. The Bertz CT molecular complexity index is 582. The minimum atomic E-state index is -0.202. The second-order valence-corrected chi connectivity index (χ2v) is 4.28. The van der Waals surface area contributed by atoms with Crippen molar-refractivity contribution in [2.45, 2.75) is 0 Å². The lowest BCUT2D eigenvalue weighted by molar-refractivity contribution is 0.103. The molecule has 0 spiro atoms. The van der Waals surface area contributed by atoms with E-state index in [1.54, 1.807) is 37.4 Å². The highest BCUT2D eigenvalue weighted by Crippen LogP contribution is 2.21. The highest BCUT2D eigenvalue weighted by Gasteiger charge is 2.14. The molecule has 0 saturated carbocycles. The molecule has 0 aliphatic heterocycles. The number of benzene rings is 1. The van der Waals surface area contributed by atoms with E-state index in [9.17, 15) is 4.79 Å². The number of hydrogen-bond acceptors (Lipinski definition) is 3. The van der Waals surface area contributed by atoms with Gasteiger partial charge in [-0.2, -0.15) is 0 Å². The van der Waals surface area contributed by atoms with Crippen LogP contribution in [-0.4, -0.2) is 17.9 Å². The molecule has 0 fully saturated rings. The molecule has 92 valence electrons. The number of carbonyl (C=O) groups is 1. The molecule has 2 rings (SSSR count). The molecule has 1 heterocycles. The number of nitrogens with zero attached hydrogens (tertiary/aromatic N) is 1. The van der Waals surface area contributed by atoms with E-state index >= 15 is 0 Å². The lowest BCUT2D eigenvalue weighted by Gasteiger charge is -2.04. The summed E-state index contributed by atoms with van der Waals surface area (Å²) in [7, 11) is 1.57. The van der Waals surface area contributed by atoms with Crippen molar-refractivity contribution in [1.82, 2.24) is 4.98 Å². The molecule has 0 saturated heterocycles. The summed E-state index contributed by atoms with van der Waals surface area (Å²) in [6.07, 6.45) is 0. The van der Waals surface area contributed by atoms with Gasteiger partial charge < -0.3 is 4.74 Å². The maximum atomic E-state index is 12.2. The lowest BCUT2D eigenvalue weighted by atomic mass is 10.1. The number of hydrogen-bond donors (Lipinski definition) is 0. The number of pyridine rings is 1. The second-order valence-electron chi connectivity index (χ2n) is 3.53. The summed E-state index contributed by atoms with van der Waals surface area (Å²) >= 11 is 11.6. The van der Waals surface area contributed by atoms with Crippen molar-refractivity contribution in [2.24, 2.45) is 0 Å². The van der Waals surface area contributed by atoms with Crippen molar-refractivity contribution in [3.63, 3.8) is 0 Å². The van der Waals surface area contributed by atoms with Crippen LogP contribution in [0.15, 0.2) is 36.4 Å². The zero-order chi connectivity index (χ0) is 13.1. The smallest absolute Gasteiger partial charge is 0.196 e. The van der Waals surface area contributed by atoms with Gasteiger partial charge in [-0.25, -0.2) is 4.98 Å². The molecule has 3 nitrogen and oxygen atoms in total. The van der Waals surface area contributed by atoms with Gasteiger partial charge in [0.05, 0.1) is 12.7 Å². The van der Waals surface area contributed by atoms with Gasteiger partial charge in [-0.15, -0.1) is 0 Å². The van der Waals surface area contributed by atoms with Gasteiger partial charge in [-0.3, -0.25) is 4.79 Å². The minimum Gasteiger partial charge on any atom is -0.497 e. The zero-order valence-corrected chi connectivity index (χ0v) is 11.0. The van der Waals surface area contributed by atoms with E-state index in [2.05, 4.69) is 4.98 Å². The van der Waals surface area contributed by atoms with Gasteiger partial charge in [0.15, 0.2) is 5.78 Å². The van der Waals surface area contributed by atoms with E-state index < -0.39 is 0 Å². The number of ether oxygens (including phenoxy) is 1. The average Bonchev–Trinajstić information content (AvgIpc) is 2.38. The van der Waals surface area contributed by atoms with Gasteiger partial charge >= 0.3 is 0 Å². The van der Waals surface area contributed by atoms with Crippen molar-refractivity contribution in [3.8, 4) is 5.75 Å². The number of rotatable bonds is 3. The molecule has 0 aliphatic carbocycles. The maximum Gasteiger partial charge on any atom is 0.196 e. The molecule has 0 unspecified atom stereocenters. The molecule has 1 aromatic heterocycles. The number of carbonyl (C=O) groups excluding carboxylic acids is 1. The fourth-order valence-corrected chi connectivity index (χ4v) is 1.91. The first-order valence-electron chi connectivity index (χ1n) is 5.12. The van der Waals surface area contributed by atoms with E-state index in [1.165, 1.54) is 6.07 Å². The normalized spacial score (nSPS) is 10.2. The first kappa shape index (κ1) is 12.9. The fraction of sp³-hybridized carbons (Fsp3) is 0.0769. The lowest BCUT2D eigenvalue weighted by Crippen LogP contribution is -2.03. The Morgan fingerprint density at radius 2 is 1.78 bits per heavy atom. The molecule has 1 aromatic carbocycles. The third kappa shape index (κ3) is 2.63. The second kappa shape index (κ2) is 5.38. The molecule has 0 atom stereocenters. The van der Waals surface area contributed by atoms with Crippen molar-refractivity contribution in [1.29, 1.82) is 0 Å². The highest BCUT2D eigenvalue weighted by molar-refractivity contribution is 6.35. The molecule has 18 heavy (non-hydrogen) atoms. The van der Waals surface area contributed by atoms with Crippen LogP contribution in [0.5, 0.6) is 5.75 Å². The first-order chi connectivity index (χ1) is 8.61. The van der Waals surface area contributed by atoms with E-state index in [4.69, 9.17) is 27.9 Å². The molecule has 2 aromatic rings. The fourth-order valence-electron chi connectivity index (χ4n) is 1.48. The van der Waals surface area contributed by atoms with Crippen molar-refractivity contribution < 1.29 is 9.53 Å². The van der Waals surface area contributed by atoms with Crippen molar-refractivity contribution >= 4 is 29.0 Å². The molecule has 0 amide bonds. The third-order valence-corrected chi connectivity index (χ3v) is 2.91. The number of methoxy groups -OCH3 is 1. The van der Waals surface area contributed by atoms with Gasteiger partial charge in [0.25, 0.3) is 0 Å². The molecule has 0 aliphatic rings. The Labute approximate surface area is 114 Å². The Morgan fingerprint density at radius 1 is 1.11 bits per heavy atom. The summed E-state index contributed by atoms with van der Waals surface area (Å²) in [6.45, 7) is 0. The van der Waals surface area contributed by atoms with Crippen molar-refractivity contribution in [3.05, 3.63) is 57.8 Å². The Kier molecular flexibility index (Phi) is 3.84. The van der Waals surface area contributed by atoms with Gasteiger partial charge in [-0.1, -0.05) is 23.2 Å². The summed E-state index contributed by atoms with van der Waals surface area (Å²) in [5, 5.41) is 0.356. The molecular weight excluding hydrogens is 273 g/mol. The predicted molar refractivity (Wildman–Crippen MR) is 70.7 cm³/mol. The predicted octanol–water partition coefficient (Wildman–Crippen LogP) is 3.63. The van der Waals surface area contributed by atoms with Crippen LogP contribution in [0.25, 0.3) is 0 Å². The molecule has 0 radical (unpaired) electrons. The summed E-state index contributed by atoms with van der Waals surface area (Å²) in [5.41, 5.74) is 0.841. The largest absolute Gasteiger partial charge is 0.497 e. The summed E-state index contributed by atoms with van der Waals surface area (Å²) < 4.78 is 5.03. The number of ketones is 1. The molecule has 0 N–H and O–H groups in total. The highest BCUT2D eigenvalue weighted by atomic mass is 35.5. The monoisotopic (exact) mass is 281 g/mol. The zero-order valence-electron chi connectivity index (χ0n) is 9.48. The Morgan fingerprint density at radius 3 is 2.33 bits per heavy atom. The van der Waals surface area contributed by atoms with Crippen LogP contribution < -0.4 is 4.74 Å². The minimum absolute atomic E-state index is 0.100. The van der Waals surface area contributed by atoms with Crippen LogP contribution in [0.3, 0.4) is 0 Å². The van der Waals surface area contributed by atoms with Crippen LogP contribution in [0.4, 0.5) is 0 Å². The summed E-state index contributed by atoms with van der Waals surface area (Å²) in [6, 6.07) is 9.86. The average molecular weight is 282 g/mol. The topological polar surface area (TPSA) is 39.2 Å². The van der Waals surface area contributed by atoms with E-state index in [1.807, 2.05) is 0 Å². The summed E-state index contributed by atoms with van der Waals surface area (Å²) in [4.78, 5) is 16.0. The van der Waals surface area contributed by atoms with Crippen LogP contribution >= 0.6 is 23.2 Å². The van der Waals surface area contributed by atoms with Crippen LogP contribution in [0.2, 0.25) is 10.3 Å². The Balaban J connectivity index is 2.35. The number of halogens is 2.